The third-order valence-corrected chi connectivity index (χ3v) is 6.29. The molecule has 1 saturated heterocycles. The van der Waals surface area contributed by atoms with Crippen LogP contribution >= 0.6 is 0 Å². The average molecular weight is 459 g/mol. The molecule has 1 aromatic carbocycles. The molecule has 1 aromatic rings. The van der Waals surface area contributed by atoms with Crippen LogP contribution in [0.3, 0.4) is 0 Å². The summed E-state index contributed by atoms with van der Waals surface area (Å²) >= 11 is 0. The van der Waals surface area contributed by atoms with Gasteiger partial charge in [0.25, 0.3) is 0 Å². The Kier molecular flexibility index (Phi) is 7.38. The molecular weight excluding hydrogens is 424 g/mol. The summed E-state index contributed by atoms with van der Waals surface area (Å²) in [5.41, 5.74) is -0.0208. The van der Waals surface area contributed by atoms with Crippen molar-refractivity contribution >= 4 is 12.2 Å². The molecule has 0 radical (unpaired) electrons. The number of amides is 2. The minimum absolute atomic E-state index is 0.0388. The summed E-state index contributed by atoms with van der Waals surface area (Å²) in [4.78, 5) is 26.5. The van der Waals surface area contributed by atoms with Gasteiger partial charge in [0.15, 0.2) is 0 Å². The maximum absolute atomic E-state index is 12.6. The van der Waals surface area contributed by atoms with Gasteiger partial charge in [-0.2, -0.15) is 5.26 Å². The first-order valence-electron chi connectivity index (χ1n) is 11.4. The van der Waals surface area contributed by atoms with E-state index in [-0.39, 0.29) is 30.6 Å². The second-order valence-corrected chi connectivity index (χ2v) is 9.97. The Morgan fingerprint density at radius 3 is 2.27 bits per heavy atom. The number of nitrogens with zero attached hydrogens (tertiary/aromatic N) is 4. The molecule has 3 atom stereocenters. The monoisotopic (exact) mass is 458 g/mol. The van der Waals surface area contributed by atoms with E-state index in [2.05, 4.69) is 6.07 Å². The Morgan fingerprint density at radius 1 is 1.21 bits per heavy atom. The van der Waals surface area contributed by atoms with E-state index in [9.17, 15) is 14.7 Å². The first kappa shape index (κ1) is 24.6. The van der Waals surface area contributed by atoms with Crippen LogP contribution in [-0.2, 0) is 4.74 Å². The third-order valence-electron chi connectivity index (χ3n) is 6.29. The van der Waals surface area contributed by atoms with E-state index >= 15 is 0 Å². The van der Waals surface area contributed by atoms with Crippen LogP contribution < -0.4 is 4.74 Å². The Balaban J connectivity index is 1.64. The van der Waals surface area contributed by atoms with Crippen LogP contribution in [0.1, 0.15) is 46.1 Å². The van der Waals surface area contributed by atoms with Crippen LogP contribution in [-0.4, -0.2) is 76.6 Å². The van der Waals surface area contributed by atoms with Gasteiger partial charge in [0, 0.05) is 26.2 Å². The van der Waals surface area contributed by atoms with Crippen molar-refractivity contribution in [2.24, 2.45) is 11.8 Å². The SMILES string of the molecule is CC(COc1ccc(C#N)cc1)N(C(=O)O)N1CC2CCC(C1)C2N(C)C(=O)OC(C)(C)C. The second-order valence-electron chi connectivity index (χ2n) is 9.97. The normalized spacial score (nSPS) is 23.3. The molecule has 9 nitrogen and oxygen atoms in total. The van der Waals surface area contributed by atoms with Crippen LogP contribution in [0.4, 0.5) is 9.59 Å². The fraction of sp³-hybridized carbons (Fsp3) is 0.625. The first-order chi connectivity index (χ1) is 15.5. The average Bonchev–Trinajstić information content (AvgIpc) is 3.00. The minimum Gasteiger partial charge on any atom is -0.491 e. The zero-order valence-electron chi connectivity index (χ0n) is 20.0. The number of carboxylic acid groups (broad SMARTS) is 1. The van der Waals surface area contributed by atoms with Gasteiger partial charge in [-0.15, -0.1) is 0 Å². The summed E-state index contributed by atoms with van der Waals surface area (Å²) < 4.78 is 11.3. The van der Waals surface area contributed by atoms with Crippen LogP contribution in [0.25, 0.3) is 0 Å². The molecule has 2 fully saturated rings. The summed E-state index contributed by atoms with van der Waals surface area (Å²) in [6, 6.07) is 8.43. The van der Waals surface area contributed by atoms with Gasteiger partial charge < -0.3 is 19.5 Å². The Bertz CT molecular complexity index is 878. The lowest BCUT2D eigenvalue weighted by atomic mass is 9.92. The lowest BCUT2D eigenvalue weighted by molar-refractivity contribution is -0.0893. The van der Waals surface area contributed by atoms with Crippen molar-refractivity contribution in [1.82, 2.24) is 14.9 Å². The molecular formula is C24H34N4O5. The molecule has 180 valence electrons. The van der Waals surface area contributed by atoms with Crippen molar-refractivity contribution < 1.29 is 24.2 Å². The highest BCUT2D eigenvalue weighted by atomic mass is 16.6. The topological polar surface area (TPSA) is 106 Å². The zero-order chi connectivity index (χ0) is 24.3. The van der Waals surface area contributed by atoms with E-state index in [1.54, 1.807) is 36.2 Å². The molecule has 33 heavy (non-hydrogen) atoms. The van der Waals surface area contributed by atoms with E-state index in [1.165, 1.54) is 5.01 Å². The fourth-order valence-electron chi connectivity index (χ4n) is 4.93. The van der Waals surface area contributed by atoms with E-state index < -0.39 is 17.7 Å². The third kappa shape index (κ3) is 5.88. The molecule has 3 unspecified atom stereocenters. The first-order valence-corrected chi connectivity index (χ1v) is 11.4. The largest absolute Gasteiger partial charge is 0.491 e. The van der Waals surface area contributed by atoms with Gasteiger partial charge in [-0.1, -0.05) is 0 Å². The maximum Gasteiger partial charge on any atom is 0.422 e. The van der Waals surface area contributed by atoms with E-state index in [0.29, 0.717) is 24.4 Å². The number of nitriles is 1. The van der Waals surface area contributed by atoms with Gasteiger partial charge in [0.1, 0.15) is 18.0 Å². The summed E-state index contributed by atoms with van der Waals surface area (Å²) in [7, 11) is 1.78. The maximum atomic E-state index is 12.6. The highest BCUT2D eigenvalue weighted by Crippen LogP contribution is 2.40. The van der Waals surface area contributed by atoms with Crippen LogP contribution in [0.2, 0.25) is 0 Å². The Morgan fingerprint density at radius 2 is 1.79 bits per heavy atom. The lowest BCUT2D eigenvalue weighted by Crippen LogP contribution is -2.61. The van der Waals surface area contributed by atoms with Gasteiger partial charge in [-0.25, -0.2) is 19.6 Å². The van der Waals surface area contributed by atoms with Crippen LogP contribution in [0, 0.1) is 23.2 Å². The van der Waals surface area contributed by atoms with Crippen LogP contribution in [0.5, 0.6) is 5.75 Å². The van der Waals surface area contributed by atoms with Gasteiger partial charge >= 0.3 is 12.2 Å². The number of hydrogen-bond acceptors (Lipinski definition) is 6. The van der Waals surface area contributed by atoms with Crippen molar-refractivity contribution in [3.63, 3.8) is 0 Å². The number of piperidine rings is 1. The standard InChI is InChI=1S/C24H34N4O5/c1-16(15-32-20-10-6-17(12-25)7-11-20)28(22(29)30)27-13-18-8-9-19(14-27)21(18)26(5)23(31)33-24(2,3)4/h6-7,10-11,16,18-19,21H,8-9,13-15H2,1-5H3,(H,29,30). The smallest absolute Gasteiger partial charge is 0.422 e. The van der Waals surface area contributed by atoms with Crippen molar-refractivity contribution in [3.8, 4) is 11.8 Å². The number of hydrogen-bond donors (Lipinski definition) is 1. The van der Waals surface area contributed by atoms with Crippen molar-refractivity contribution in [2.75, 3.05) is 26.7 Å². The molecule has 3 rings (SSSR count). The van der Waals surface area contributed by atoms with Gasteiger partial charge in [-0.3, -0.25) is 0 Å². The minimum atomic E-state index is -1.02. The molecule has 0 aromatic heterocycles. The second kappa shape index (κ2) is 9.87. The predicted molar refractivity (Wildman–Crippen MR) is 122 cm³/mol. The summed E-state index contributed by atoms with van der Waals surface area (Å²) in [5, 5.41) is 22.1. The highest BCUT2D eigenvalue weighted by Gasteiger charge is 2.48. The molecule has 1 aliphatic carbocycles. The number of carbonyl (C=O) groups excluding carboxylic acids is 1. The number of rotatable bonds is 6. The molecule has 9 heteroatoms. The van der Waals surface area contributed by atoms with E-state index in [4.69, 9.17) is 14.7 Å². The lowest BCUT2D eigenvalue weighted by Gasteiger charge is -2.46. The molecule has 2 aliphatic rings. The van der Waals surface area contributed by atoms with Crippen LogP contribution in [0.15, 0.2) is 24.3 Å². The zero-order valence-corrected chi connectivity index (χ0v) is 20.0. The number of ether oxygens (including phenoxy) is 2. The predicted octanol–water partition coefficient (Wildman–Crippen LogP) is 3.80. The Hall–Kier alpha value is -2.99. The summed E-state index contributed by atoms with van der Waals surface area (Å²) in [6.07, 6.45) is 0.534. The molecule has 1 aliphatic heterocycles. The fourth-order valence-corrected chi connectivity index (χ4v) is 4.93. The van der Waals surface area contributed by atoms with Crippen molar-refractivity contribution in [1.29, 1.82) is 5.26 Å². The number of hydrazine groups is 1. The van der Waals surface area contributed by atoms with Gasteiger partial charge in [0.2, 0.25) is 0 Å². The highest BCUT2D eigenvalue weighted by molar-refractivity contribution is 5.68. The van der Waals surface area contributed by atoms with Crippen molar-refractivity contribution in [3.05, 3.63) is 29.8 Å². The molecule has 1 saturated carbocycles. The number of benzene rings is 1. The molecule has 1 heterocycles. The Labute approximate surface area is 195 Å². The number of carbonyl (C=O) groups is 2. The summed E-state index contributed by atoms with van der Waals surface area (Å²) in [5.74, 6) is 0.938. The van der Waals surface area contributed by atoms with Gasteiger partial charge in [-0.05, 0) is 76.6 Å². The molecule has 2 amide bonds. The van der Waals surface area contributed by atoms with Gasteiger partial charge in [0.05, 0.1) is 17.7 Å². The van der Waals surface area contributed by atoms with Crippen molar-refractivity contribution in [2.45, 2.75) is 58.2 Å². The molecule has 0 spiro atoms. The summed E-state index contributed by atoms with van der Waals surface area (Å²) in [6.45, 7) is 8.67. The number of fused-ring (bicyclic) bond motifs is 2. The molecule has 2 bridgehead atoms. The van der Waals surface area contributed by atoms with E-state index in [0.717, 1.165) is 12.8 Å². The van der Waals surface area contributed by atoms with E-state index in [1.807, 2.05) is 32.7 Å². The molecule has 1 N–H and O–H groups in total. The quantitative estimate of drug-likeness (QED) is 0.691.